The van der Waals surface area contributed by atoms with E-state index in [1.165, 1.54) is 0 Å². The van der Waals surface area contributed by atoms with Crippen molar-refractivity contribution in [2.45, 2.75) is 6.42 Å². The first-order valence-electron chi connectivity index (χ1n) is 9.06. The van der Waals surface area contributed by atoms with Crippen molar-refractivity contribution in [3.63, 3.8) is 0 Å². The maximum Gasteiger partial charge on any atom is 0.300 e. The SMILES string of the molecule is O=C(Nc1ccccc1)c1cc([N+](=O)[O-])cc([N+](=O)[O-])c1NCCc1ccccc1. The molecule has 9 heteroatoms. The van der Waals surface area contributed by atoms with Crippen molar-refractivity contribution in [3.05, 3.63) is 104 Å². The molecule has 3 aromatic carbocycles. The molecule has 3 rings (SSSR count). The Kier molecular flexibility index (Phi) is 6.33. The maximum absolute atomic E-state index is 12.8. The van der Waals surface area contributed by atoms with Gasteiger partial charge in [0.1, 0.15) is 5.69 Å². The number of hydrogen-bond donors (Lipinski definition) is 2. The van der Waals surface area contributed by atoms with Gasteiger partial charge in [0.05, 0.1) is 21.5 Å². The van der Waals surface area contributed by atoms with Gasteiger partial charge < -0.3 is 10.6 Å². The fraction of sp³-hybridized carbons (Fsp3) is 0.0952. The molecular formula is C21H18N4O5. The van der Waals surface area contributed by atoms with Gasteiger partial charge in [0.2, 0.25) is 0 Å². The lowest BCUT2D eigenvalue weighted by molar-refractivity contribution is -0.393. The van der Waals surface area contributed by atoms with E-state index in [-0.39, 0.29) is 11.3 Å². The van der Waals surface area contributed by atoms with Crippen LogP contribution in [0.5, 0.6) is 0 Å². The molecule has 0 atom stereocenters. The van der Waals surface area contributed by atoms with E-state index in [2.05, 4.69) is 10.6 Å². The summed E-state index contributed by atoms with van der Waals surface area (Å²) in [5, 5.41) is 28.4. The Labute approximate surface area is 171 Å². The predicted molar refractivity (Wildman–Crippen MR) is 113 cm³/mol. The lowest BCUT2D eigenvalue weighted by atomic mass is 10.1. The number of carbonyl (C=O) groups excluding carboxylic acids is 1. The number of rotatable bonds is 8. The zero-order chi connectivity index (χ0) is 21.5. The lowest BCUT2D eigenvalue weighted by Gasteiger charge is -2.13. The molecule has 0 heterocycles. The third kappa shape index (κ3) is 4.96. The number of amides is 1. The molecule has 0 bridgehead atoms. The van der Waals surface area contributed by atoms with Crippen LogP contribution in [0.3, 0.4) is 0 Å². The van der Waals surface area contributed by atoms with Crippen LogP contribution in [0.25, 0.3) is 0 Å². The lowest BCUT2D eigenvalue weighted by Crippen LogP contribution is -2.17. The molecule has 0 saturated heterocycles. The molecule has 0 aliphatic heterocycles. The first kappa shape index (κ1) is 20.5. The number of hydrogen-bond acceptors (Lipinski definition) is 6. The van der Waals surface area contributed by atoms with Gasteiger partial charge in [-0.2, -0.15) is 0 Å². The highest BCUT2D eigenvalue weighted by Crippen LogP contribution is 2.34. The third-order valence-corrected chi connectivity index (χ3v) is 4.34. The minimum atomic E-state index is -0.764. The molecule has 1 amide bonds. The molecule has 30 heavy (non-hydrogen) atoms. The smallest absolute Gasteiger partial charge is 0.300 e. The van der Waals surface area contributed by atoms with Gasteiger partial charge in [-0.1, -0.05) is 48.5 Å². The summed E-state index contributed by atoms with van der Waals surface area (Å²) in [6.07, 6.45) is 0.550. The summed E-state index contributed by atoms with van der Waals surface area (Å²) < 4.78 is 0. The summed E-state index contributed by atoms with van der Waals surface area (Å²) >= 11 is 0. The molecule has 0 spiro atoms. The van der Waals surface area contributed by atoms with Crippen molar-refractivity contribution in [1.82, 2.24) is 0 Å². The molecule has 0 radical (unpaired) electrons. The summed E-state index contributed by atoms with van der Waals surface area (Å²) in [6.45, 7) is 0.300. The van der Waals surface area contributed by atoms with E-state index < -0.39 is 27.1 Å². The Morgan fingerprint density at radius 1 is 0.867 bits per heavy atom. The second kappa shape index (κ2) is 9.28. The Bertz CT molecular complexity index is 1070. The van der Waals surface area contributed by atoms with Crippen LogP contribution in [0, 0.1) is 20.2 Å². The second-order valence-corrected chi connectivity index (χ2v) is 6.38. The van der Waals surface area contributed by atoms with Crippen molar-refractivity contribution >= 4 is 28.7 Å². The molecule has 0 aromatic heterocycles. The topological polar surface area (TPSA) is 127 Å². The number of nitro groups is 2. The zero-order valence-corrected chi connectivity index (χ0v) is 15.8. The third-order valence-electron chi connectivity index (χ3n) is 4.34. The number of benzene rings is 3. The van der Waals surface area contributed by atoms with Gasteiger partial charge in [0.25, 0.3) is 17.3 Å². The summed E-state index contributed by atoms with van der Waals surface area (Å²) in [7, 11) is 0. The van der Waals surface area contributed by atoms with E-state index in [1.54, 1.807) is 30.3 Å². The Morgan fingerprint density at radius 3 is 2.10 bits per heavy atom. The van der Waals surface area contributed by atoms with Crippen molar-refractivity contribution in [3.8, 4) is 0 Å². The van der Waals surface area contributed by atoms with Crippen molar-refractivity contribution in [1.29, 1.82) is 0 Å². The average Bonchev–Trinajstić information content (AvgIpc) is 2.74. The van der Waals surface area contributed by atoms with Gasteiger partial charge in [-0.15, -0.1) is 0 Å². The molecular weight excluding hydrogens is 388 g/mol. The standard InChI is InChI=1S/C21H18N4O5/c26-21(23-16-9-5-2-6-10-16)18-13-17(24(27)28)14-19(25(29)30)20(18)22-12-11-15-7-3-1-4-8-15/h1-10,13-14,22H,11-12H2,(H,23,26). The van der Waals surface area contributed by atoms with E-state index in [1.807, 2.05) is 30.3 Å². The van der Waals surface area contributed by atoms with Crippen LogP contribution in [-0.4, -0.2) is 22.3 Å². The minimum absolute atomic E-state index is 0.0602. The summed E-state index contributed by atoms with van der Waals surface area (Å²) in [6, 6.07) is 19.8. The van der Waals surface area contributed by atoms with E-state index in [9.17, 15) is 25.0 Å². The van der Waals surface area contributed by atoms with Gasteiger partial charge in [-0.3, -0.25) is 25.0 Å². The first-order chi connectivity index (χ1) is 14.5. The van der Waals surface area contributed by atoms with Crippen molar-refractivity contribution in [2.75, 3.05) is 17.2 Å². The average molecular weight is 406 g/mol. The van der Waals surface area contributed by atoms with Crippen LogP contribution in [0.15, 0.2) is 72.8 Å². The summed E-state index contributed by atoms with van der Waals surface area (Å²) in [5.41, 5.74) is 0.170. The highest BCUT2D eigenvalue weighted by atomic mass is 16.6. The summed E-state index contributed by atoms with van der Waals surface area (Å²) in [4.78, 5) is 34.1. The zero-order valence-electron chi connectivity index (χ0n) is 15.8. The number of carbonyl (C=O) groups is 1. The molecule has 9 nitrogen and oxygen atoms in total. The van der Waals surface area contributed by atoms with E-state index in [4.69, 9.17) is 0 Å². The quantitative estimate of drug-likeness (QED) is 0.421. The number of nitrogens with zero attached hydrogens (tertiary/aromatic N) is 2. The fourth-order valence-corrected chi connectivity index (χ4v) is 2.92. The largest absolute Gasteiger partial charge is 0.378 e. The van der Waals surface area contributed by atoms with Crippen molar-refractivity contribution < 1.29 is 14.6 Å². The van der Waals surface area contributed by atoms with Crippen molar-refractivity contribution in [2.24, 2.45) is 0 Å². The second-order valence-electron chi connectivity index (χ2n) is 6.38. The minimum Gasteiger partial charge on any atom is -0.378 e. The molecule has 0 unspecified atom stereocenters. The number of anilines is 2. The van der Waals surface area contributed by atoms with Gasteiger partial charge >= 0.3 is 0 Å². The number of non-ortho nitro benzene ring substituents is 1. The Balaban J connectivity index is 1.95. The van der Waals surface area contributed by atoms with E-state index in [0.29, 0.717) is 18.7 Å². The Hall–Kier alpha value is -4.27. The molecule has 2 N–H and O–H groups in total. The fourth-order valence-electron chi connectivity index (χ4n) is 2.92. The highest BCUT2D eigenvalue weighted by molar-refractivity contribution is 6.10. The maximum atomic E-state index is 12.8. The van der Waals surface area contributed by atoms with Crippen LogP contribution >= 0.6 is 0 Å². The molecule has 0 aliphatic carbocycles. The molecule has 0 saturated carbocycles. The van der Waals surface area contributed by atoms with Crippen LogP contribution in [-0.2, 0) is 6.42 Å². The Morgan fingerprint density at radius 2 is 1.50 bits per heavy atom. The normalized spacial score (nSPS) is 10.3. The van der Waals surface area contributed by atoms with Gasteiger partial charge in [-0.05, 0) is 24.1 Å². The molecule has 152 valence electrons. The van der Waals surface area contributed by atoms with Gasteiger partial charge in [0.15, 0.2) is 0 Å². The van der Waals surface area contributed by atoms with Gasteiger partial charge in [-0.25, -0.2) is 0 Å². The van der Waals surface area contributed by atoms with E-state index >= 15 is 0 Å². The van der Waals surface area contributed by atoms with Crippen LogP contribution in [0.2, 0.25) is 0 Å². The number of nitro benzene ring substituents is 2. The van der Waals surface area contributed by atoms with Crippen LogP contribution in [0.1, 0.15) is 15.9 Å². The predicted octanol–water partition coefficient (Wildman–Crippen LogP) is 4.41. The molecule has 0 fully saturated rings. The number of para-hydroxylation sites is 1. The number of nitrogens with one attached hydrogen (secondary N) is 2. The molecule has 3 aromatic rings. The van der Waals surface area contributed by atoms with E-state index in [0.717, 1.165) is 17.7 Å². The van der Waals surface area contributed by atoms with Crippen LogP contribution < -0.4 is 10.6 Å². The van der Waals surface area contributed by atoms with Crippen LogP contribution in [0.4, 0.5) is 22.7 Å². The monoisotopic (exact) mass is 406 g/mol. The van der Waals surface area contributed by atoms with Gasteiger partial charge in [0, 0.05) is 18.3 Å². The first-order valence-corrected chi connectivity index (χ1v) is 9.06. The summed E-state index contributed by atoms with van der Waals surface area (Å²) in [5.74, 6) is -0.685. The highest BCUT2D eigenvalue weighted by Gasteiger charge is 2.27. The molecule has 0 aliphatic rings.